The van der Waals surface area contributed by atoms with E-state index in [-0.39, 0.29) is 10.9 Å². The predicted octanol–water partition coefficient (Wildman–Crippen LogP) is 0.857. The molecule has 0 bridgehead atoms. The van der Waals surface area contributed by atoms with Gasteiger partial charge in [0.1, 0.15) is 5.82 Å². The maximum absolute atomic E-state index is 13.9. The zero-order valence-electron chi connectivity index (χ0n) is 15.4. The van der Waals surface area contributed by atoms with Crippen molar-refractivity contribution in [2.24, 2.45) is 0 Å². The van der Waals surface area contributed by atoms with Gasteiger partial charge in [-0.25, -0.2) is 26.7 Å². The summed E-state index contributed by atoms with van der Waals surface area (Å²) in [6.45, 7) is 2.74. The van der Waals surface area contributed by atoms with Crippen molar-refractivity contribution >= 4 is 27.9 Å². The van der Waals surface area contributed by atoms with Crippen molar-refractivity contribution in [3.05, 3.63) is 29.6 Å². The highest BCUT2D eigenvalue weighted by molar-refractivity contribution is 7.89. The van der Waals surface area contributed by atoms with Gasteiger partial charge in [-0.05, 0) is 31.5 Å². The van der Waals surface area contributed by atoms with Crippen LogP contribution in [0.1, 0.15) is 30.6 Å². The Balaban J connectivity index is 2.78. The number of carbonyl (C=O) groups is 3. The molecule has 3 amide bonds. The standard InChI is InChI=1S/C16H22FN3O6S/c1-5-10(2)18-16(23)19-14(21)9-26-15(22)12-8-11(6-7-13(12)17)27(24,25)20(3)4/h6-8,10H,5,9H2,1-4H3,(H2,18,19,21,23)/t10-/m0/s1. The highest BCUT2D eigenvalue weighted by Gasteiger charge is 2.22. The van der Waals surface area contributed by atoms with Crippen molar-refractivity contribution in [1.29, 1.82) is 0 Å². The Hall–Kier alpha value is -2.53. The van der Waals surface area contributed by atoms with Crippen LogP contribution < -0.4 is 10.6 Å². The Morgan fingerprint density at radius 1 is 1.26 bits per heavy atom. The van der Waals surface area contributed by atoms with E-state index >= 15 is 0 Å². The maximum Gasteiger partial charge on any atom is 0.341 e. The number of rotatable bonds is 7. The second-order valence-electron chi connectivity index (χ2n) is 5.84. The van der Waals surface area contributed by atoms with E-state index in [0.717, 1.165) is 22.5 Å². The molecule has 0 aromatic heterocycles. The summed E-state index contributed by atoms with van der Waals surface area (Å²) in [5.41, 5.74) is -0.644. The molecule has 1 aromatic rings. The summed E-state index contributed by atoms with van der Waals surface area (Å²) in [7, 11) is -1.32. The molecule has 1 rings (SSSR count). The van der Waals surface area contributed by atoms with Crippen LogP contribution in [0.5, 0.6) is 0 Å². The lowest BCUT2D eigenvalue weighted by molar-refractivity contribution is -0.123. The fourth-order valence-electron chi connectivity index (χ4n) is 1.77. The van der Waals surface area contributed by atoms with E-state index < -0.39 is 45.9 Å². The third-order valence-corrected chi connectivity index (χ3v) is 5.32. The largest absolute Gasteiger partial charge is 0.452 e. The van der Waals surface area contributed by atoms with Gasteiger partial charge >= 0.3 is 12.0 Å². The number of ether oxygens (including phenoxy) is 1. The Labute approximate surface area is 156 Å². The molecule has 27 heavy (non-hydrogen) atoms. The fraction of sp³-hybridized carbons (Fsp3) is 0.438. The van der Waals surface area contributed by atoms with E-state index in [1.807, 2.05) is 12.2 Å². The molecule has 0 fully saturated rings. The summed E-state index contributed by atoms with van der Waals surface area (Å²) in [6, 6.07) is 1.73. The highest BCUT2D eigenvalue weighted by Crippen LogP contribution is 2.18. The van der Waals surface area contributed by atoms with E-state index in [2.05, 4.69) is 10.1 Å². The third-order valence-electron chi connectivity index (χ3n) is 3.51. The van der Waals surface area contributed by atoms with Crippen LogP contribution in [0.25, 0.3) is 0 Å². The summed E-state index contributed by atoms with van der Waals surface area (Å²) >= 11 is 0. The van der Waals surface area contributed by atoms with Crippen molar-refractivity contribution in [2.75, 3.05) is 20.7 Å². The van der Waals surface area contributed by atoms with Crippen LogP contribution >= 0.6 is 0 Å². The van der Waals surface area contributed by atoms with Gasteiger partial charge in [-0.1, -0.05) is 6.92 Å². The Morgan fingerprint density at radius 3 is 2.44 bits per heavy atom. The average Bonchev–Trinajstić information content (AvgIpc) is 2.59. The van der Waals surface area contributed by atoms with Crippen LogP contribution in [0.15, 0.2) is 23.1 Å². The number of halogens is 1. The molecule has 0 saturated heterocycles. The highest BCUT2D eigenvalue weighted by atomic mass is 32.2. The molecule has 0 spiro atoms. The van der Waals surface area contributed by atoms with Gasteiger partial charge in [0.25, 0.3) is 5.91 Å². The van der Waals surface area contributed by atoms with Crippen molar-refractivity contribution in [1.82, 2.24) is 14.9 Å². The van der Waals surface area contributed by atoms with Gasteiger partial charge in [-0.15, -0.1) is 0 Å². The molecule has 0 saturated carbocycles. The van der Waals surface area contributed by atoms with E-state index in [1.165, 1.54) is 14.1 Å². The molecular weight excluding hydrogens is 381 g/mol. The SMILES string of the molecule is CC[C@H](C)NC(=O)NC(=O)COC(=O)c1cc(S(=O)(=O)N(C)C)ccc1F. The number of hydrogen-bond donors (Lipinski definition) is 2. The zero-order valence-corrected chi connectivity index (χ0v) is 16.2. The number of amides is 3. The number of carbonyl (C=O) groups excluding carboxylic acids is 3. The first-order valence-corrected chi connectivity index (χ1v) is 9.42. The lowest BCUT2D eigenvalue weighted by Gasteiger charge is -2.13. The molecule has 2 N–H and O–H groups in total. The Bertz CT molecular complexity index is 825. The third kappa shape index (κ3) is 6.29. The number of sulfonamides is 1. The first kappa shape index (κ1) is 22.5. The minimum Gasteiger partial charge on any atom is -0.452 e. The van der Waals surface area contributed by atoms with Crippen molar-refractivity contribution in [2.45, 2.75) is 31.2 Å². The normalized spacial score (nSPS) is 12.4. The van der Waals surface area contributed by atoms with Crippen LogP contribution in [-0.4, -0.2) is 57.4 Å². The molecule has 11 heteroatoms. The predicted molar refractivity (Wildman–Crippen MR) is 94.0 cm³/mol. The Kier molecular flexibility index (Phi) is 7.85. The molecule has 1 atom stereocenters. The molecule has 0 aliphatic rings. The summed E-state index contributed by atoms with van der Waals surface area (Å²) in [5.74, 6) is -3.16. The first-order chi connectivity index (χ1) is 12.5. The van der Waals surface area contributed by atoms with E-state index in [4.69, 9.17) is 0 Å². The van der Waals surface area contributed by atoms with Crippen molar-refractivity contribution < 1.29 is 31.9 Å². The quantitative estimate of drug-likeness (QED) is 0.651. The van der Waals surface area contributed by atoms with Gasteiger partial charge in [-0.2, -0.15) is 0 Å². The average molecular weight is 403 g/mol. The smallest absolute Gasteiger partial charge is 0.341 e. The summed E-state index contributed by atoms with van der Waals surface area (Å²) < 4.78 is 43.5. The lowest BCUT2D eigenvalue weighted by Crippen LogP contribution is -2.44. The molecule has 0 heterocycles. The lowest BCUT2D eigenvalue weighted by atomic mass is 10.2. The Morgan fingerprint density at radius 2 is 1.89 bits per heavy atom. The van der Waals surface area contributed by atoms with Gasteiger partial charge < -0.3 is 10.1 Å². The molecule has 0 radical (unpaired) electrons. The molecule has 0 aliphatic heterocycles. The number of urea groups is 1. The number of hydrogen-bond acceptors (Lipinski definition) is 6. The monoisotopic (exact) mass is 403 g/mol. The summed E-state index contributed by atoms with van der Waals surface area (Å²) in [5, 5.41) is 4.44. The molecule has 0 aliphatic carbocycles. The van der Waals surface area contributed by atoms with Crippen molar-refractivity contribution in [3.63, 3.8) is 0 Å². The zero-order chi connectivity index (χ0) is 20.8. The fourth-order valence-corrected chi connectivity index (χ4v) is 2.69. The number of nitrogens with one attached hydrogen (secondary N) is 2. The molecule has 0 unspecified atom stereocenters. The number of imide groups is 1. The minimum atomic E-state index is -3.88. The summed E-state index contributed by atoms with van der Waals surface area (Å²) in [4.78, 5) is 34.8. The second kappa shape index (κ2) is 9.42. The molecule has 9 nitrogen and oxygen atoms in total. The van der Waals surface area contributed by atoms with Gasteiger partial charge in [0.2, 0.25) is 10.0 Å². The first-order valence-electron chi connectivity index (χ1n) is 7.98. The van der Waals surface area contributed by atoms with Gasteiger partial charge in [0.15, 0.2) is 6.61 Å². The van der Waals surface area contributed by atoms with E-state index in [1.54, 1.807) is 6.92 Å². The topological polar surface area (TPSA) is 122 Å². The van der Waals surface area contributed by atoms with Crippen LogP contribution in [0, 0.1) is 5.82 Å². The van der Waals surface area contributed by atoms with E-state index in [0.29, 0.717) is 6.42 Å². The summed E-state index contributed by atoms with van der Waals surface area (Å²) in [6.07, 6.45) is 0.655. The molecular formula is C16H22FN3O6S. The van der Waals surface area contributed by atoms with Crippen LogP contribution in [0.2, 0.25) is 0 Å². The van der Waals surface area contributed by atoms with Gasteiger partial charge in [0, 0.05) is 20.1 Å². The van der Waals surface area contributed by atoms with Gasteiger partial charge in [0.05, 0.1) is 10.5 Å². The van der Waals surface area contributed by atoms with Crippen molar-refractivity contribution in [3.8, 4) is 0 Å². The minimum absolute atomic E-state index is 0.157. The van der Waals surface area contributed by atoms with Crippen LogP contribution in [0.3, 0.4) is 0 Å². The molecule has 1 aromatic carbocycles. The second-order valence-corrected chi connectivity index (χ2v) is 7.99. The van der Waals surface area contributed by atoms with E-state index in [9.17, 15) is 27.2 Å². The van der Waals surface area contributed by atoms with Crippen LogP contribution in [0.4, 0.5) is 9.18 Å². The van der Waals surface area contributed by atoms with Crippen LogP contribution in [-0.2, 0) is 19.6 Å². The molecule has 150 valence electrons. The number of benzene rings is 1. The number of nitrogens with zero attached hydrogens (tertiary/aromatic N) is 1. The number of esters is 1. The maximum atomic E-state index is 13.9. The van der Waals surface area contributed by atoms with Gasteiger partial charge in [-0.3, -0.25) is 10.1 Å².